The number of rotatable bonds is 30. The van der Waals surface area contributed by atoms with E-state index >= 15 is 0 Å². The number of amides is 11. The molecular weight excluding hydrogens is 1100 g/mol. The molecule has 85 heavy (non-hydrogen) atoms. The molecule has 0 spiro atoms. The van der Waals surface area contributed by atoms with Crippen LogP contribution in [-0.2, 0) is 59.2 Å². The Morgan fingerprint density at radius 1 is 0.600 bits per heavy atom. The minimum atomic E-state index is -2.70. The van der Waals surface area contributed by atoms with Crippen molar-refractivity contribution >= 4 is 65.0 Å². The van der Waals surface area contributed by atoms with E-state index in [1.807, 2.05) is 0 Å². The molecule has 11 atom stereocenters. The third-order valence-electron chi connectivity index (χ3n) is 13.9. The summed E-state index contributed by atoms with van der Waals surface area (Å²) in [5.41, 5.74) is 27.2. The molecule has 1 fully saturated rings. The number of aliphatic hydroxyl groups excluding tert-OH is 1. The highest BCUT2D eigenvalue weighted by Gasteiger charge is 2.39. The zero-order valence-electron chi connectivity index (χ0n) is 50.1. The van der Waals surface area contributed by atoms with Gasteiger partial charge in [0.05, 0.1) is 6.10 Å². The van der Waals surface area contributed by atoms with Crippen LogP contribution in [-0.4, -0.2) is 181 Å². The van der Waals surface area contributed by atoms with Crippen molar-refractivity contribution in [2.45, 2.75) is 204 Å². The number of nitrogens with one attached hydrogen (secondary N) is 11. The lowest BCUT2D eigenvalue weighted by Gasteiger charge is -2.29. The van der Waals surface area contributed by atoms with Gasteiger partial charge in [-0.1, -0.05) is 89.6 Å². The van der Waals surface area contributed by atoms with Crippen LogP contribution >= 0.6 is 0 Å². The molecule has 0 bridgehead atoms. The van der Waals surface area contributed by atoms with Crippen LogP contribution in [0.1, 0.15) is 136 Å². The molecule has 1 aromatic rings. The summed E-state index contributed by atoms with van der Waals surface area (Å²) in [5, 5.41) is 49.7. The first-order chi connectivity index (χ1) is 40.4. The average Bonchev–Trinajstić information content (AvgIpc) is 3.66. The summed E-state index contributed by atoms with van der Waals surface area (Å²) in [4.78, 5) is 153. The number of hydrogen-bond acceptors (Lipinski definition) is 18. The van der Waals surface area contributed by atoms with Gasteiger partial charge in [-0.3, -0.25) is 52.7 Å². The van der Waals surface area contributed by atoms with Crippen LogP contribution in [0.5, 0.6) is 0 Å². The predicted octanol–water partition coefficient (Wildman–Crippen LogP) is -4.75. The van der Waals surface area contributed by atoms with Crippen molar-refractivity contribution < 1.29 is 63.0 Å². The quantitative estimate of drug-likeness (QED) is 0.0322. The molecule has 0 aromatic heterocycles. The van der Waals surface area contributed by atoms with Crippen LogP contribution in [0.25, 0.3) is 0 Å². The van der Waals surface area contributed by atoms with Gasteiger partial charge >= 0.3 is 0 Å². The van der Waals surface area contributed by atoms with E-state index in [4.69, 9.17) is 28.7 Å². The molecule has 1 aliphatic heterocycles. The molecular formula is C56H98N16O13. The normalized spacial score (nSPS) is 23.0. The van der Waals surface area contributed by atoms with Crippen LogP contribution in [0.2, 0.25) is 0 Å². The average molecular weight is 1200 g/mol. The van der Waals surface area contributed by atoms with Crippen LogP contribution < -0.4 is 87.2 Å². The highest BCUT2D eigenvalue weighted by atomic mass is 16.3. The summed E-state index contributed by atoms with van der Waals surface area (Å²) in [5.74, 6) is -10.4. The van der Waals surface area contributed by atoms with E-state index in [0.29, 0.717) is 12.0 Å². The van der Waals surface area contributed by atoms with Crippen molar-refractivity contribution in [1.82, 2.24) is 58.5 Å². The van der Waals surface area contributed by atoms with E-state index in [9.17, 15) is 63.0 Å². The molecule has 1 aromatic carbocycles. The van der Waals surface area contributed by atoms with Crippen molar-refractivity contribution in [3.63, 3.8) is 0 Å². The van der Waals surface area contributed by atoms with Gasteiger partial charge in [-0.25, -0.2) is 0 Å². The number of nitrogens with two attached hydrogens (primary N) is 5. The highest BCUT2D eigenvalue weighted by molar-refractivity contribution is 5.99. The molecule has 1 heterocycles. The van der Waals surface area contributed by atoms with Gasteiger partial charge in [-0.15, -0.1) is 0 Å². The van der Waals surface area contributed by atoms with Crippen LogP contribution in [0.15, 0.2) is 30.3 Å². The van der Waals surface area contributed by atoms with Crippen molar-refractivity contribution in [2.75, 3.05) is 39.3 Å². The summed E-state index contributed by atoms with van der Waals surface area (Å²) in [6, 6.07) is -4.68. The predicted molar refractivity (Wildman–Crippen MR) is 316 cm³/mol. The Hall–Kier alpha value is -6.89. The maximum Gasteiger partial charge on any atom is 0.272 e. The minimum absolute atomic E-state index is 0.0153. The molecule has 0 radical (unpaired) electrons. The van der Waals surface area contributed by atoms with E-state index in [1.54, 1.807) is 44.2 Å². The highest BCUT2D eigenvalue weighted by Crippen LogP contribution is 2.13. The standard InChI is InChI=1S/C56H98N16O13/c1-6-7-8-9-10-11-15-18-44(74)63-36(19-25-57)50(79)71-45(34(4)73)54(83)68-39(22-28-60)47(76)67-41-24-30-62-55(84)56(5,85)72-53(82)40(23-29-61)66-46(75)37(20-26-58)65-51(80)42(31-33(2)3)69-52(81)43(32-35-16-13-12-14-17-35)70-48(77)38(21-27-59)64-49(41)78/h12-14,16-17,33-34,36-43,45,73,85H,6-11,15,18-32,57-61H2,1-5H3,(H,62,84)(H,63,74)(H,64,78)(H,65,80)(H,66,75)(H,67,76)(H,68,83)(H,69,81)(H,70,77)(H,71,79)(H,72,82)/t34-,36+,37+,38+,39+,40+,41+,42+,43-,45+,56+/m1/s1. The lowest BCUT2D eigenvalue weighted by Crippen LogP contribution is -2.63. The molecule has 0 saturated carbocycles. The minimum Gasteiger partial charge on any atom is -0.391 e. The summed E-state index contributed by atoms with van der Waals surface area (Å²) in [6.07, 6.45) is 3.88. The number of carbonyl (C=O) groups excluding carboxylic acids is 11. The summed E-state index contributed by atoms with van der Waals surface area (Å²) in [6.45, 7) is 6.54. The number of hydrogen-bond donors (Lipinski definition) is 18. The molecule has 480 valence electrons. The Morgan fingerprint density at radius 3 is 1.61 bits per heavy atom. The topological polar surface area (TPSA) is 491 Å². The number of carbonyl (C=O) groups is 11. The SMILES string of the molecule is CCCCCCCCCC(=O)N[C@@H](CCN)C(=O)N[C@H](C(=O)N[C@@H](CCN)C(=O)N[C@H]1CCNC(=O)[C@](C)(O)NC(=O)[C@H](CCN)NC(=O)[C@H](CCN)NC(=O)[C@H](CC(C)C)NC(=O)[C@@H](Cc2ccccc2)NC(=O)[C@H](CCN)NC1=O)[C@@H](C)O. The van der Waals surface area contributed by atoms with Crippen molar-refractivity contribution in [3.8, 4) is 0 Å². The van der Waals surface area contributed by atoms with Crippen molar-refractivity contribution in [1.29, 1.82) is 0 Å². The third-order valence-corrected chi connectivity index (χ3v) is 13.9. The van der Waals surface area contributed by atoms with Crippen molar-refractivity contribution in [2.24, 2.45) is 34.6 Å². The maximum atomic E-state index is 14.5. The summed E-state index contributed by atoms with van der Waals surface area (Å²) in [7, 11) is 0. The molecule has 29 heteroatoms. The van der Waals surface area contributed by atoms with Gasteiger partial charge in [0, 0.05) is 19.4 Å². The van der Waals surface area contributed by atoms with E-state index in [1.165, 1.54) is 6.92 Å². The third kappa shape index (κ3) is 27.4. The number of unbranched alkanes of at least 4 members (excludes halogenated alkanes) is 6. The maximum absolute atomic E-state index is 14.5. The Morgan fingerprint density at radius 2 is 1.08 bits per heavy atom. The Bertz CT molecular complexity index is 2310. The van der Waals surface area contributed by atoms with Crippen LogP contribution in [0.3, 0.4) is 0 Å². The number of benzene rings is 1. The van der Waals surface area contributed by atoms with E-state index < -0.39 is 144 Å². The lowest BCUT2D eigenvalue weighted by molar-refractivity contribution is -0.148. The Balaban J connectivity index is 2.62. The van der Waals surface area contributed by atoms with E-state index in [2.05, 4.69) is 65.4 Å². The Kier molecular flexibility index (Phi) is 34.6. The largest absolute Gasteiger partial charge is 0.391 e. The lowest BCUT2D eigenvalue weighted by atomic mass is 10.00. The zero-order valence-corrected chi connectivity index (χ0v) is 50.1. The molecule has 29 nitrogen and oxygen atoms in total. The van der Waals surface area contributed by atoms with Gasteiger partial charge in [-0.2, -0.15) is 0 Å². The fraction of sp³-hybridized carbons (Fsp3) is 0.696. The smallest absolute Gasteiger partial charge is 0.272 e. The van der Waals surface area contributed by atoms with Gasteiger partial charge in [0.15, 0.2) is 0 Å². The molecule has 1 aliphatic rings. The molecule has 1 saturated heterocycles. The molecule has 0 unspecified atom stereocenters. The first-order valence-corrected chi connectivity index (χ1v) is 29.6. The first-order valence-electron chi connectivity index (χ1n) is 29.6. The monoisotopic (exact) mass is 1200 g/mol. The zero-order chi connectivity index (χ0) is 63.6. The summed E-state index contributed by atoms with van der Waals surface area (Å²) < 4.78 is 0. The second-order valence-corrected chi connectivity index (χ2v) is 22.0. The van der Waals surface area contributed by atoms with Gasteiger partial charge in [-0.05, 0) is 109 Å². The van der Waals surface area contributed by atoms with E-state index in [-0.39, 0.29) is 90.0 Å². The summed E-state index contributed by atoms with van der Waals surface area (Å²) >= 11 is 0. The van der Waals surface area contributed by atoms with Gasteiger partial charge in [0.25, 0.3) is 5.91 Å². The van der Waals surface area contributed by atoms with Crippen molar-refractivity contribution in [3.05, 3.63) is 35.9 Å². The second kappa shape index (κ2) is 39.7. The molecule has 2 rings (SSSR count). The fourth-order valence-electron chi connectivity index (χ4n) is 9.16. The molecule has 11 amide bonds. The first kappa shape index (κ1) is 74.2. The van der Waals surface area contributed by atoms with Crippen LogP contribution in [0, 0.1) is 5.92 Å². The van der Waals surface area contributed by atoms with Gasteiger partial charge in [0.1, 0.15) is 54.4 Å². The van der Waals surface area contributed by atoms with Crippen LogP contribution in [0.4, 0.5) is 0 Å². The number of aliphatic hydroxyl groups is 2. The fourth-order valence-corrected chi connectivity index (χ4v) is 9.16. The van der Waals surface area contributed by atoms with Gasteiger partial charge in [0.2, 0.25) is 64.8 Å². The molecule has 23 N–H and O–H groups in total. The Labute approximate surface area is 498 Å². The second-order valence-electron chi connectivity index (χ2n) is 22.0. The molecule has 0 aliphatic carbocycles. The van der Waals surface area contributed by atoms with E-state index in [0.717, 1.165) is 45.4 Å². The van der Waals surface area contributed by atoms with Gasteiger partial charge < -0.3 is 97.4 Å².